The first-order valence-electron chi connectivity index (χ1n) is 7.54. The number of benzene rings is 1. The molecule has 23 heavy (non-hydrogen) atoms. The Labute approximate surface area is 136 Å². The fraction of sp³-hybridized carbons (Fsp3) is 0.412. The molecule has 0 aliphatic carbocycles. The van der Waals surface area contributed by atoms with E-state index in [9.17, 15) is 9.90 Å². The van der Waals surface area contributed by atoms with Crippen LogP contribution in [0, 0.1) is 13.8 Å². The molecule has 0 unspecified atom stereocenters. The molecule has 6 nitrogen and oxygen atoms in total. The highest BCUT2D eigenvalue weighted by atomic mass is 16.3. The number of aryl methyl sites for hydroxylation is 2. The lowest BCUT2D eigenvalue weighted by atomic mass is 10.1. The summed E-state index contributed by atoms with van der Waals surface area (Å²) in [6, 6.07) is 9.22. The van der Waals surface area contributed by atoms with Crippen LogP contribution >= 0.6 is 0 Å². The van der Waals surface area contributed by atoms with Crippen molar-refractivity contribution in [2.45, 2.75) is 33.3 Å². The fourth-order valence-corrected chi connectivity index (χ4v) is 2.50. The van der Waals surface area contributed by atoms with Gasteiger partial charge in [-0.05, 0) is 45.9 Å². The van der Waals surface area contributed by atoms with Crippen molar-refractivity contribution in [3.05, 3.63) is 41.7 Å². The average Bonchev–Trinajstić information content (AvgIpc) is 2.76. The van der Waals surface area contributed by atoms with Gasteiger partial charge in [-0.3, -0.25) is 0 Å². The number of likely N-dealkylation sites (N-methyl/N-ethyl adjacent to an activating group) is 1. The van der Waals surface area contributed by atoms with Crippen LogP contribution < -0.4 is 5.32 Å². The number of aromatic nitrogens is 2. The number of carbonyl (C=O) groups excluding carboxylic acids is 1. The number of para-hydroxylation sites is 2. The van der Waals surface area contributed by atoms with Crippen molar-refractivity contribution in [2.75, 3.05) is 18.9 Å². The minimum atomic E-state index is -0.943. The summed E-state index contributed by atoms with van der Waals surface area (Å²) < 4.78 is 1.81. The first-order chi connectivity index (χ1) is 10.7. The molecule has 0 saturated carbocycles. The van der Waals surface area contributed by atoms with E-state index < -0.39 is 5.60 Å². The van der Waals surface area contributed by atoms with Gasteiger partial charge in [0, 0.05) is 12.7 Å². The molecule has 1 heterocycles. The smallest absolute Gasteiger partial charge is 0.321 e. The van der Waals surface area contributed by atoms with Gasteiger partial charge in [-0.1, -0.05) is 12.1 Å². The first kappa shape index (κ1) is 17.0. The molecule has 2 aromatic rings. The van der Waals surface area contributed by atoms with Crippen LogP contribution in [0.2, 0.25) is 0 Å². The van der Waals surface area contributed by atoms with Gasteiger partial charge in [-0.25, -0.2) is 9.48 Å². The quantitative estimate of drug-likeness (QED) is 0.911. The molecule has 0 bridgehead atoms. The number of rotatable bonds is 4. The molecular weight excluding hydrogens is 292 g/mol. The SMILES string of the molecule is Cc1cc(C)n(-c2ccccc2NC(=O)N(C)CC(C)(C)O)n1. The number of hydrogen-bond acceptors (Lipinski definition) is 3. The maximum absolute atomic E-state index is 12.3. The van der Waals surface area contributed by atoms with Crippen molar-refractivity contribution in [3.8, 4) is 5.69 Å². The minimum Gasteiger partial charge on any atom is -0.389 e. The molecule has 1 aromatic heterocycles. The number of aliphatic hydroxyl groups is 1. The first-order valence-corrected chi connectivity index (χ1v) is 7.54. The van der Waals surface area contributed by atoms with Crippen LogP contribution in [0.4, 0.5) is 10.5 Å². The predicted octanol–water partition coefficient (Wildman–Crippen LogP) is 2.72. The molecule has 0 atom stereocenters. The fourth-order valence-electron chi connectivity index (χ4n) is 2.50. The Morgan fingerprint density at radius 1 is 1.35 bits per heavy atom. The van der Waals surface area contributed by atoms with Gasteiger partial charge < -0.3 is 15.3 Å². The second kappa shape index (κ2) is 6.42. The summed E-state index contributed by atoms with van der Waals surface area (Å²) in [6.07, 6.45) is 0. The molecule has 0 aliphatic rings. The van der Waals surface area contributed by atoms with Gasteiger partial charge in [0.15, 0.2) is 0 Å². The van der Waals surface area contributed by atoms with Gasteiger partial charge in [0.05, 0.1) is 29.2 Å². The third-order valence-corrected chi connectivity index (χ3v) is 3.35. The molecule has 2 rings (SSSR count). The van der Waals surface area contributed by atoms with Gasteiger partial charge in [0.25, 0.3) is 0 Å². The number of amides is 2. The Morgan fingerprint density at radius 3 is 2.57 bits per heavy atom. The molecule has 0 fully saturated rings. The van der Waals surface area contributed by atoms with Gasteiger partial charge in [0.2, 0.25) is 0 Å². The van der Waals surface area contributed by atoms with E-state index in [0.29, 0.717) is 5.69 Å². The van der Waals surface area contributed by atoms with Crippen LogP contribution in [0.15, 0.2) is 30.3 Å². The summed E-state index contributed by atoms with van der Waals surface area (Å²) in [5.41, 5.74) is 2.45. The molecule has 0 spiro atoms. The highest BCUT2D eigenvalue weighted by Gasteiger charge is 2.20. The summed E-state index contributed by atoms with van der Waals surface area (Å²) >= 11 is 0. The van der Waals surface area contributed by atoms with E-state index in [0.717, 1.165) is 17.1 Å². The molecule has 0 aliphatic heterocycles. The Kier molecular flexibility index (Phi) is 4.75. The van der Waals surface area contributed by atoms with Crippen LogP contribution in [0.25, 0.3) is 5.69 Å². The van der Waals surface area contributed by atoms with E-state index in [1.54, 1.807) is 25.6 Å². The number of urea groups is 1. The number of nitrogens with zero attached hydrogens (tertiary/aromatic N) is 3. The third kappa shape index (κ3) is 4.32. The van der Waals surface area contributed by atoms with Crippen LogP contribution in [-0.4, -0.2) is 45.0 Å². The van der Waals surface area contributed by atoms with E-state index >= 15 is 0 Å². The topological polar surface area (TPSA) is 70.4 Å². The molecule has 1 aromatic carbocycles. The van der Waals surface area contributed by atoms with Gasteiger partial charge in [0.1, 0.15) is 0 Å². The summed E-state index contributed by atoms with van der Waals surface area (Å²) in [6.45, 7) is 7.48. The zero-order valence-electron chi connectivity index (χ0n) is 14.3. The van der Waals surface area contributed by atoms with Crippen molar-refractivity contribution in [1.82, 2.24) is 14.7 Å². The number of carbonyl (C=O) groups is 1. The average molecular weight is 316 g/mol. The van der Waals surface area contributed by atoms with Crippen molar-refractivity contribution < 1.29 is 9.90 Å². The van der Waals surface area contributed by atoms with Crippen LogP contribution in [-0.2, 0) is 0 Å². The number of nitrogens with one attached hydrogen (secondary N) is 1. The van der Waals surface area contributed by atoms with Crippen molar-refractivity contribution >= 4 is 11.7 Å². The molecule has 2 amide bonds. The van der Waals surface area contributed by atoms with Crippen molar-refractivity contribution in [1.29, 1.82) is 0 Å². The molecule has 124 valence electrons. The van der Waals surface area contributed by atoms with Crippen LogP contribution in [0.1, 0.15) is 25.2 Å². The Hall–Kier alpha value is -2.34. The summed E-state index contributed by atoms with van der Waals surface area (Å²) in [5, 5.41) is 17.2. The van der Waals surface area contributed by atoms with Crippen molar-refractivity contribution in [2.24, 2.45) is 0 Å². The molecule has 2 N–H and O–H groups in total. The molecular formula is C17H24N4O2. The standard InChI is InChI=1S/C17H24N4O2/c1-12-10-13(2)21(19-12)15-9-7-6-8-14(15)18-16(22)20(5)11-17(3,4)23/h6-10,23H,11H2,1-5H3,(H,18,22). The summed E-state index contributed by atoms with van der Waals surface area (Å²) in [5.74, 6) is 0. The van der Waals surface area contributed by atoms with E-state index in [1.165, 1.54) is 4.90 Å². The van der Waals surface area contributed by atoms with E-state index in [-0.39, 0.29) is 12.6 Å². The number of anilines is 1. The third-order valence-electron chi connectivity index (χ3n) is 3.35. The zero-order valence-corrected chi connectivity index (χ0v) is 14.3. The molecule has 0 radical (unpaired) electrons. The predicted molar refractivity (Wildman–Crippen MR) is 91.0 cm³/mol. The van der Waals surface area contributed by atoms with E-state index in [2.05, 4.69) is 10.4 Å². The number of hydrogen-bond donors (Lipinski definition) is 2. The van der Waals surface area contributed by atoms with Gasteiger partial charge in [-0.15, -0.1) is 0 Å². The lowest BCUT2D eigenvalue weighted by Crippen LogP contribution is -2.41. The maximum atomic E-state index is 12.3. The highest BCUT2D eigenvalue weighted by Crippen LogP contribution is 2.22. The van der Waals surface area contributed by atoms with Crippen molar-refractivity contribution in [3.63, 3.8) is 0 Å². The maximum Gasteiger partial charge on any atom is 0.321 e. The lowest BCUT2D eigenvalue weighted by Gasteiger charge is -2.26. The normalized spacial score (nSPS) is 11.4. The lowest BCUT2D eigenvalue weighted by molar-refractivity contribution is 0.0550. The monoisotopic (exact) mass is 316 g/mol. The Morgan fingerprint density at radius 2 is 2.00 bits per heavy atom. The van der Waals surface area contributed by atoms with E-state index in [1.807, 2.05) is 44.2 Å². The van der Waals surface area contributed by atoms with E-state index in [4.69, 9.17) is 0 Å². The minimum absolute atomic E-state index is 0.237. The summed E-state index contributed by atoms with van der Waals surface area (Å²) in [4.78, 5) is 13.8. The second-order valence-corrected chi connectivity index (χ2v) is 6.45. The van der Waals surface area contributed by atoms with Gasteiger partial charge >= 0.3 is 6.03 Å². The zero-order chi connectivity index (χ0) is 17.2. The Balaban J connectivity index is 2.25. The highest BCUT2D eigenvalue weighted by molar-refractivity contribution is 5.91. The van der Waals surface area contributed by atoms with Crippen LogP contribution in [0.5, 0.6) is 0 Å². The summed E-state index contributed by atoms with van der Waals surface area (Å²) in [7, 11) is 1.65. The Bertz CT molecular complexity index is 701. The molecule has 0 saturated heterocycles. The van der Waals surface area contributed by atoms with Gasteiger partial charge in [-0.2, -0.15) is 5.10 Å². The molecule has 6 heteroatoms. The largest absolute Gasteiger partial charge is 0.389 e. The second-order valence-electron chi connectivity index (χ2n) is 6.45. The van der Waals surface area contributed by atoms with Crippen LogP contribution in [0.3, 0.4) is 0 Å².